The lowest BCUT2D eigenvalue weighted by Crippen LogP contribution is -2.10. The molecule has 0 aromatic heterocycles. The van der Waals surface area contributed by atoms with E-state index in [1.54, 1.807) is 28.4 Å². The van der Waals surface area contributed by atoms with Gasteiger partial charge in [0.25, 0.3) is 0 Å². The minimum Gasteiger partial charge on any atom is -0.497 e. The van der Waals surface area contributed by atoms with Crippen LogP contribution >= 0.6 is 0 Å². The molecule has 0 saturated carbocycles. The van der Waals surface area contributed by atoms with E-state index in [2.05, 4.69) is 21.3 Å². The Hall–Kier alpha value is -6.68. The third kappa shape index (κ3) is 8.87. The molecule has 51 heavy (non-hydrogen) atoms. The molecule has 0 spiro atoms. The van der Waals surface area contributed by atoms with Crippen molar-refractivity contribution in [2.75, 3.05) is 56.5 Å². The number of nitrogens with one attached hydrogen (secondary N) is 4. The van der Waals surface area contributed by atoms with Crippen molar-refractivity contribution < 1.29 is 28.4 Å². The summed E-state index contributed by atoms with van der Waals surface area (Å²) in [4.78, 5) is 0. The molecule has 6 rings (SSSR count). The van der Waals surface area contributed by atoms with E-state index < -0.39 is 0 Å². The minimum atomic E-state index is -0.0768. The van der Waals surface area contributed by atoms with Crippen LogP contribution in [0.2, 0.25) is 0 Å². The number of para-hydroxylation sites is 2. The fourth-order valence-corrected chi connectivity index (χ4v) is 5.22. The molecule has 0 amide bonds. The summed E-state index contributed by atoms with van der Waals surface area (Å²) in [5, 5.41) is 14.0. The van der Waals surface area contributed by atoms with Crippen molar-refractivity contribution in [1.82, 2.24) is 0 Å². The van der Waals surface area contributed by atoms with Gasteiger partial charge in [0.1, 0.15) is 45.9 Å². The third-order valence-corrected chi connectivity index (χ3v) is 7.94. The second kappa shape index (κ2) is 16.6. The first kappa shape index (κ1) is 34.2. The highest BCUT2D eigenvalue weighted by Gasteiger charge is 2.15. The standard InChI is InChI=1S/C41H40N4O6/c1-46-32-19-11-28(12-20-32)42-36-7-5-9-38(40(36)44-30-15-23-34(48-3)24-16-30)50-27-51-39-10-6-8-37(43-29-13-21-33(47-2)22-14-29)41(39)45-31-17-25-35(49-4)26-18-31/h5-26,42-45H,27H2,1-4H3. The van der Waals surface area contributed by atoms with Crippen molar-refractivity contribution >= 4 is 45.5 Å². The molecule has 0 aliphatic rings. The van der Waals surface area contributed by atoms with Crippen LogP contribution in [-0.2, 0) is 0 Å². The van der Waals surface area contributed by atoms with Gasteiger partial charge in [0.05, 0.1) is 39.8 Å². The molecule has 0 atom stereocenters. The van der Waals surface area contributed by atoms with E-state index >= 15 is 0 Å². The normalized spacial score (nSPS) is 10.4. The maximum atomic E-state index is 6.34. The molecule has 0 saturated heterocycles. The average molecular weight is 685 g/mol. The summed E-state index contributed by atoms with van der Waals surface area (Å²) in [5.74, 6) is 4.24. The maximum absolute atomic E-state index is 6.34. The zero-order valence-electron chi connectivity index (χ0n) is 28.9. The van der Waals surface area contributed by atoms with E-state index in [4.69, 9.17) is 28.4 Å². The van der Waals surface area contributed by atoms with Crippen molar-refractivity contribution in [2.45, 2.75) is 0 Å². The van der Waals surface area contributed by atoms with Gasteiger partial charge in [-0.05, 0) is 121 Å². The van der Waals surface area contributed by atoms with Crippen LogP contribution < -0.4 is 49.7 Å². The summed E-state index contributed by atoms with van der Waals surface area (Å²) in [6, 6.07) is 42.4. The zero-order chi connectivity index (χ0) is 35.4. The summed E-state index contributed by atoms with van der Waals surface area (Å²) in [7, 11) is 6.58. The highest BCUT2D eigenvalue weighted by atomic mass is 16.7. The number of anilines is 8. The SMILES string of the molecule is COc1ccc(Nc2cccc(OCOc3cccc(Nc4ccc(OC)cc4)c3Nc3ccc(OC)cc3)c2Nc2ccc(OC)cc2)cc1. The molecule has 10 nitrogen and oxygen atoms in total. The Balaban J connectivity index is 1.27. The Bertz CT molecular complexity index is 1860. The lowest BCUT2D eigenvalue weighted by Gasteiger charge is -2.21. The Kier molecular flexibility index (Phi) is 11.1. The highest BCUT2D eigenvalue weighted by molar-refractivity contribution is 5.84. The Labute approximate surface area is 297 Å². The highest BCUT2D eigenvalue weighted by Crippen LogP contribution is 2.40. The van der Waals surface area contributed by atoms with E-state index in [1.165, 1.54) is 0 Å². The Morgan fingerprint density at radius 1 is 0.353 bits per heavy atom. The van der Waals surface area contributed by atoms with Crippen LogP contribution in [0.15, 0.2) is 133 Å². The minimum absolute atomic E-state index is 0.0768. The van der Waals surface area contributed by atoms with Crippen molar-refractivity contribution in [2.24, 2.45) is 0 Å². The molecular formula is C41H40N4O6. The van der Waals surface area contributed by atoms with Crippen molar-refractivity contribution in [3.8, 4) is 34.5 Å². The van der Waals surface area contributed by atoms with Gasteiger partial charge in [-0.3, -0.25) is 0 Å². The van der Waals surface area contributed by atoms with Crippen molar-refractivity contribution in [1.29, 1.82) is 0 Å². The summed E-state index contributed by atoms with van der Waals surface area (Å²) < 4.78 is 34.1. The predicted molar refractivity (Wildman–Crippen MR) is 204 cm³/mol. The molecule has 0 radical (unpaired) electrons. The molecular weight excluding hydrogens is 644 g/mol. The number of hydrogen-bond acceptors (Lipinski definition) is 10. The molecule has 0 aliphatic heterocycles. The number of benzene rings is 6. The first-order valence-corrected chi connectivity index (χ1v) is 16.2. The second-order valence-electron chi connectivity index (χ2n) is 11.2. The maximum Gasteiger partial charge on any atom is 0.231 e. The fraction of sp³-hybridized carbons (Fsp3) is 0.122. The zero-order valence-corrected chi connectivity index (χ0v) is 28.9. The summed E-state index contributed by atoms with van der Waals surface area (Å²) in [6.45, 7) is -0.0768. The third-order valence-electron chi connectivity index (χ3n) is 7.94. The smallest absolute Gasteiger partial charge is 0.231 e. The molecule has 0 unspecified atom stereocenters. The Morgan fingerprint density at radius 2 is 0.647 bits per heavy atom. The van der Waals surface area contributed by atoms with E-state index in [0.29, 0.717) is 11.5 Å². The molecule has 260 valence electrons. The van der Waals surface area contributed by atoms with Crippen LogP contribution in [0.1, 0.15) is 0 Å². The average Bonchev–Trinajstić information content (AvgIpc) is 3.18. The molecule has 6 aromatic carbocycles. The summed E-state index contributed by atoms with van der Waals surface area (Å²) in [5.41, 5.74) is 6.56. The molecule has 0 fully saturated rings. The van der Waals surface area contributed by atoms with Gasteiger partial charge in [0.15, 0.2) is 0 Å². The van der Waals surface area contributed by atoms with Gasteiger partial charge in [0.2, 0.25) is 6.79 Å². The van der Waals surface area contributed by atoms with E-state index in [0.717, 1.165) is 68.5 Å². The van der Waals surface area contributed by atoms with Gasteiger partial charge in [-0.1, -0.05) is 12.1 Å². The van der Waals surface area contributed by atoms with Crippen LogP contribution in [0.4, 0.5) is 45.5 Å². The van der Waals surface area contributed by atoms with Gasteiger partial charge in [0, 0.05) is 22.7 Å². The van der Waals surface area contributed by atoms with Crippen LogP contribution in [0.3, 0.4) is 0 Å². The second-order valence-corrected chi connectivity index (χ2v) is 11.2. The lowest BCUT2D eigenvalue weighted by atomic mass is 10.2. The van der Waals surface area contributed by atoms with E-state index in [9.17, 15) is 0 Å². The topological polar surface area (TPSA) is 104 Å². The molecule has 0 aliphatic carbocycles. The molecule has 6 aromatic rings. The van der Waals surface area contributed by atoms with E-state index in [-0.39, 0.29) is 6.79 Å². The summed E-state index contributed by atoms with van der Waals surface area (Å²) in [6.07, 6.45) is 0. The monoisotopic (exact) mass is 684 g/mol. The van der Waals surface area contributed by atoms with Crippen LogP contribution in [0.25, 0.3) is 0 Å². The van der Waals surface area contributed by atoms with Crippen molar-refractivity contribution in [3.63, 3.8) is 0 Å². The number of hydrogen-bond donors (Lipinski definition) is 4. The van der Waals surface area contributed by atoms with Gasteiger partial charge in [-0.15, -0.1) is 0 Å². The fourth-order valence-electron chi connectivity index (χ4n) is 5.22. The lowest BCUT2D eigenvalue weighted by molar-refractivity contribution is 0.121. The number of methoxy groups -OCH3 is 4. The van der Waals surface area contributed by atoms with Gasteiger partial charge in [-0.25, -0.2) is 0 Å². The first-order chi connectivity index (χ1) is 25.0. The van der Waals surface area contributed by atoms with Crippen LogP contribution in [0, 0.1) is 0 Å². The van der Waals surface area contributed by atoms with Crippen LogP contribution in [0.5, 0.6) is 34.5 Å². The number of ether oxygens (including phenoxy) is 6. The van der Waals surface area contributed by atoms with Gasteiger partial charge in [-0.2, -0.15) is 0 Å². The van der Waals surface area contributed by atoms with Gasteiger partial charge < -0.3 is 49.7 Å². The largest absolute Gasteiger partial charge is 0.497 e. The van der Waals surface area contributed by atoms with E-state index in [1.807, 2.05) is 133 Å². The van der Waals surface area contributed by atoms with Gasteiger partial charge >= 0.3 is 0 Å². The summed E-state index contributed by atoms with van der Waals surface area (Å²) >= 11 is 0. The molecule has 0 heterocycles. The van der Waals surface area contributed by atoms with Crippen molar-refractivity contribution in [3.05, 3.63) is 133 Å². The molecule has 10 heteroatoms. The first-order valence-electron chi connectivity index (χ1n) is 16.2. The molecule has 4 N–H and O–H groups in total. The molecule has 0 bridgehead atoms. The predicted octanol–water partition coefficient (Wildman–Crippen LogP) is 10.1. The quantitative estimate of drug-likeness (QED) is 0.0737. The van der Waals surface area contributed by atoms with Crippen LogP contribution in [-0.4, -0.2) is 35.2 Å². The Morgan fingerprint density at radius 3 is 0.941 bits per heavy atom. The number of rotatable bonds is 16.